The van der Waals surface area contributed by atoms with Gasteiger partial charge in [-0.2, -0.15) is 0 Å². The number of hydrogen-bond donors (Lipinski definition) is 1. The summed E-state index contributed by atoms with van der Waals surface area (Å²) >= 11 is 0. The van der Waals surface area contributed by atoms with E-state index < -0.39 is 0 Å². The molecule has 1 heterocycles. The van der Waals surface area contributed by atoms with E-state index in [1.165, 1.54) is 17.8 Å². The molecule has 12 heavy (non-hydrogen) atoms. The Morgan fingerprint density at radius 3 is 2.33 bits per heavy atom. The van der Waals surface area contributed by atoms with Crippen LogP contribution >= 0.6 is 0 Å². The minimum Gasteiger partial charge on any atom is -0.362 e. The zero-order valence-electron chi connectivity index (χ0n) is 8.57. The molecule has 0 radical (unpaired) electrons. The van der Waals surface area contributed by atoms with Crippen LogP contribution in [0.4, 0.5) is 0 Å². The van der Waals surface area contributed by atoms with E-state index in [9.17, 15) is 0 Å². The molecule has 1 N–H and O–H groups in total. The summed E-state index contributed by atoms with van der Waals surface area (Å²) in [5.74, 6) is 0. The highest BCUT2D eigenvalue weighted by atomic mass is 14.7. The number of aromatic amines is 1. The lowest BCUT2D eigenvalue weighted by Crippen LogP contribution is -2.15. The molecule has 0 fully saturated rings. The summed E-state index contributed by atoms with van der Waals surface area (Å²) in [4.78, 5) is 3.45. The molecule has 1 rings (SSSR count). The molecule has 1 aromatic heterocycles. The molecule has 0 aliphatic heterocycles. The van der Waals surface area contributed by atoms with Crippen LogP contribution in [0, 0.1) is 0 Å². The molecular weight excluding hydrogens is 146 g/mol. The highest BCUT2D eigenvalue weighted by Crippen LogP contribution is 2.25. The molecule has 0 unspecified atom stereocenters. The van der Waals surface area contributed by atoms with Crippen molar-refractivity contribution in [2.45, 2.75) is 46.0 Å². The molecule has 0 amide bonds. The van der Waals surface area contributed by atoms with Crippen molar-refractivity contribution in [2.75, 3.05) is 0 Å². The van der Waals surface area contributed by atoms with Crippen LogP contribution < -0.4 is 0 Å². The summed E-state index contributed by atoms with van der Waals surface area (Å²) in [6.45, 7) is 8.96. The monoisotopic (exact) mass is 165 g/mol. The zero-order chi connectivity index (χ0) is 9.19. The third-order valence-corrected chi connectivity index (χ3v) is 2.74. The highest BCUT2D eigenvalue weighted by molar-refractivity contribution is 5.20. The third-order valence-electron chi connectivity index (χ3n) is 2.74. The number of hydrogen-bond acceptors (Lipinski definition) is 0. The van der Waals surface area contributed by atoms with Gasteiger partial charge in [-0.3, -0.25) is 0 Å². The van der Waals surface area contributed by atoms with Crippen LogP contribution in [0.3, 0.4) is 0 Å². The Hall–Kier alpha value is -0.720. The Labute approximate surface area is 75.2 Å². The van der Waals surface area contributed by atoms with Crippen LogP contribution in [-0.2, 0) is 11.8 Å². The van der Waals surface area contributed by atoms with Crippen LogP contribution in [0.25, 0.3) is 0 Å². The summed E-state index contributed by atoms with van der Waals surface area (Å²) in [5.41, 5.74) is 3.00. The molecule has 1 aromatic rings. The van der Waals surface area contributed by atoms with Gasteiger partial charge in [-0.05, 0) is 25.0 Å². The van der Waals surface area contributed by atoms with Crippen LogP contribution in [0.1, 0.15) is 45.5 Å². The maximum absolute atomic E-state index is 3.45. The van der Waals surface area contributed by atoms with Crippen molar-refractivity contribution in [1.29, 1.82) is 0 Å². The summed E-state index contributed by atoms with van der Waals surface area (Å²) in [7, 11) is 0. The van der Waals surface area contributed by atoms with Gasteiger partial charge in [0.25, 0.3) is 0 Å². The molecule has 0 aliphatic rings. The van der Waals surface area contributed by atoms with Gasteiger partial charge in [-0.25, -0.2) is 0 Å². The second kappa shape index (κ2) is 3.34. The molecule has 68 valence electrons. The first-order valence-electron chi connectivity index (χ1n) is 4.78. The topological polar surface area (TPSA) is 15.8 Å². The van der Waals surface area contributed by atoms with E-state index in [2.05, 4.69) is 44.8 Å². The fraction of sp³-hybridized carbons (Fsp3) is 0.636. The van der Waals surface area contributed by atoms with Crippen molar-refractivity contribution < 1.29 is 0 Å². The van der Waals surface area contributed by atoms with Crippen molar-refractivity contribution in [1.82, 2.24) is 4.98 Å². The molecule has 0 aromatic carbocycles. The van der Waals surface area contributed by atoms with Crippen LogP contribution in [0.5, 0.6) is 0 Å². The predicted molar refractivity (Wildman–Crippen MR) is 53.5 cm³/mol. The maximum atomic E-state index is 3.45. The Morgan fingerprint density at radius 1 is 1.25 bits per heavy atom. The fourth-order valence-electron chi connectivity index (χ4n) is 1.23. The van der Waals surface area contributed by atoms with E-state index in [1.54, 1.807) is 0 Å². The van der Waals surface area contributed by atoms with Gasteiger partial charge in [0.15, 0.2) is 0 Å². The van der Waals surface area contributed by atoms with Gasteiger partial charge in [0.2, 0.25) is 0 Å². The van der Waals surface area contributed by atoms with Gasteiger partial charge in [-0.15, -0.1) is 0 Å². The first-order chi connectivity index (χ1) is 5.60. The van der Waals surface area contributed by atoms with Crippen LogP contribution in [0.15, 0.2) is 12.1 Å². The first-order valence-corrected chi connectivity index (χ1v) is 4.78. The van der Waals surface area contributed by atoms with Crippen molar-refractivity contribution >= 4 is 0 Å². The van der Waals surface area contributed by atoms with E-state index in [0.29, 0.717) is 5.41 Å². The molecule has 1 nitrogen and oxygen atoms in total. The summed E-state index contributed by atoms with van der Waals surface area (Å²) < 4.78 is 0. The minimum absolute atomic E-state index is 0.299. The van der Waals surface area contributed by atoms with E-state index in [-0.39, 0.29) is 0 Å². The molecular formula is C11H19N. The van der Waals surface area contributed by atoms with Crippen LogP contribution in [-0.4, -0.2) is 4.98 Å². The number of H-pyrrole nitrogens is 1. The van der Waals surface area contributed by atoms with Gasteiger partial charge in [0.1, 0.15) is 0 Å². The quantitative estimate of drug-likeness (QED) is 0.707. The normalized spacial score (nSPS) is 12.0. The van der Waals surface area contributed by atoms with Crippen molar-refractivity contribution in [3.05, 3.63) is 23.5 Å². The number of rotatable bonds is 3. The number of aromatic nitrogens is 1. The SMILES string of the molecule is CCc1ccc(C(C)(C)CC)[nH]1. The van der Waals surface area contributed by atoms with E-state index in [4.69, 9.17) is 0 Å². The summed E-state index contributed by atoms with van der Waals surface area (Å²) in [5, 5.41) is 0. The number of nitrogens with one attached hydrogen (secondary N) is 1. The van der Waals surface area contributed by atoms with Gasteiger partial charge < -0.3 is 4.98 Å². The van der Waals surface area contributed by atoms with Gasteiger partial charge in [0, 0.05) is 16.8 Å². The van der Waals surface area contributed by atoms with Crippen molar-refractivity contribution in [3.63, 3.8) is 0 Å². The standard InChI is InChI=1S/C11H19N/c1-5-9-7-8-10(12-9)11(3,4)6-2/h7-8,12H,5-6H2,1-4H3. The average Bonchev–Trinajstić information content (AvgIpc) is 2.52. The Bertz CT molecular complexity index is 245. The van der Waals surface area contributed by atoms with E-state index in [0.717, 1.165) is 6.42 Å². The maximum Gasteiger partial charge on any atom is 0.0206 e. The third kappa shape index (κ3) is 1.71. The first kappa shape index (κ1) is 9.37. The lowest BCUT2D eigenvalue weighted by molar-refractivity contribution is 0.492. The molecule has 0 atom stereocenters. The lowest BCUT2D eigenvalue weighted by atomic mass is 9.87. The molecule has 0 saturated heterocycles. The molecule has 0 bridgehead atoms. The summed E-state index contributed by atoms with van der Waals surface area (Å²) in [6.07, 6.45) is 2.27. The average molecular weight is 165 g/mol. The minimum atomic E-state index is 0.299. The summed E-state index contributed by atoms with van der Waals surface area (Å²) in [6, 6.07) is 4.40. The largest absolute Gasteiger partial charge is 0.362 e. The Morgan fingerprint density at radius 2 is 1.92 bits per heavy atom. The number of aryl methyl sites for hydroxylation is 1. The lowest BCUT2D eigenvalue weighted by Gasteiger charge is -2.20. The predicted octanol–water partition coefficient (Wildman–Crippen LogP) is 3.26. The highest BCUT2D eigenvalue weighted by Gasteiger charge is 2.18. The second-order valence-corrected chi connectivity index (χ2v) is 3.99. The van der Waals surface area contributed by atoms with Gasteiger partial charge in [0.05, 0.1) is 0 Å². The van der Waals surface area contributed by atoms with Crippen molar-refractivity contribution in [2.24, 2.45) is 0 Å². The smallest absolute Gasteiger partial charge is 0.0206 e. The van der Waals surface area contributed by atoms with E-state index >= 15 is 0 Å². The molecule has 0 spiro atoms. The molecule has 1 heteroatoms. The molecule has 0 aliphatic carbocycles. The molecule has 0 saturated carbocycles. The second-order valence-electron chi connectivity index (χ2n) is 3.99. The Balaban J connectivity index is 2.88. The van der Waals surface area contributed by atoms with Gasteiger partial charge >= 0.3 is 0 Å². The fourth-order valence-corrected chi connectivity index (χ4v) is 1.23. The van der Waals surface area contributed by atoms with Gasteiger partial charge in [-0.1, -0.05) is 27.7 Å². The Kier molecular flexibility index (Phi) is 2.61. The van der Waals surface area contributed by atoms with Crippen molar-refractivity contribution in [3.8, 4) is 0 Å². The van der Waals surface area contributed by atoms with E-state index in [1.807, 2.05) is 0 Å². The van der Waals surface area contributed by atoms with Crippen LogP contribution in [0.2, 0.25) is 0 Å². The zero-order valence-corrected chi connectivity index (χ0v) is 8.57.